The minimum Gasteiger partial charge on any atom is -0.478 e. The third-order valence-corrected chi connectivity index (χ3v) is 1.74. The summed E-state index contributed by atoms with van der Waals surface area (Å²) in [6.07, 6.45) is -2.44. The fourth-order valence-corrected chi connectivity index (χ4v) is 1.06. The number of alkyl halides is 2. The second kappa shape index (κ2) is 3.65. The number of nitrogens with zero attached hydrogens (tertiary/aromatic N) is 1. The Morgan fingerprint density at radius 1 is 1.57 bits per heavy atom. The van der Waals surface area contributed by atoms with Crippen molar-refractivity contribution in [3.8, 4) is 0 Å². The van der Waals surface area contributed by atoms with Crippen LogP contribution in [0.4, 0.5) is 13.2 Å². The molecular formula is C8H6F3NO2. The number of carboxylic acid groups (broad SMARTS) is 1. The van der Waals surface area contributed by atoms with Gasteiger partial charge < -0.3 is 5.11 Å². The van der Waals surface area contributed by atoms with Crippen LogP contribution in [0.2, 0.25) is 0 Å². The molecule has 1 aromatic rings. The van der Waals surface area contributed by atoms with Gasteiger partial charge in [-0.25, -0.2) is 18.6 Å². The number of carbonyl (C=O) groups is 1. The van der Waals surface area contributed by atoms with Crippen molar-refractivity contribution in [1.29, 1.82) is 0 Å². The van der Waals surface area contributed by atoms with Crippen molar-refractivity contribution < 1.29 is 23.1 Å². The first-order valence-corrected chi connectivity index (χ1v) is 3.61. The van der Waals surface area contributed by atoms with Crippen LogP contribution in [-0.2, 0) is 0 Å². The third-order valence-electron chi connectivity index (χ3n) is 1.74. The summed E-state index contributed by atoms with van der Waals surface area (Å²) in [5, 5.41) is 8.59. The van der Waals surface area contributed by atoms with Gasteiger partial charge in [0.05, 0.1) is 11.1 Å². The van der Waals surface area contributed by atoms with E-state index in [1.54, 1.807) is 0 Å². The number of rotatable bonds is 2. The maximum Gasteiger partial charge on any atom is 0.336 e. The van der Waals surface area contributed by atoms with Crippen LogP contribution in [0.15, 0.2) is 6.20 Å². The average Bonchev–Trinajstić information content (AvgIpc) is 2.08. The molecule has 14 heavy (non-hydrogen) atoms. The first-order valence-electron chi connectivity index (χ1n) is 3.61. The Bertz CT molecular complexity index is 379. The predicted octanol–water partition coefficient (Wildman–Crippen LogP) is 2.16. The Kier molecular flexibility index (Phi) is 2.73. The van der Waals surface area contributed by atoms with Gasteiger partial charge in [-0.1, -0.05) is 0 Å². The van der Waals surface area contributed by atoms with Gasteiger partial charge in [0.15, 0.2) is 0 Å². The summed E-state index contributed by atoms with van der Waals surface area (Å²) < 4.78 is 37.3. The Morgan fingerprint density at radius 2 is 2.14 bits per heavy atom. The van der Waals surface area contributed by atoms with Crippen LogP contribution in [-0.4, -0.2) is 16.1 Å². The van der Waals surface area contributed by atoms with E-state index in [2.05, 4.69) is 4.98 Å². The van der Waals surface area contributed by atoms with Crippen molar-refractivity contribution in [2.24, 2.45) is 0 Å². The highest BCUT2D eigenvalue weighted by Gasteiger charge is 2.22. The lowest BCUT2D eigenvalue weighted by Gasteiger charge is -2.07. The van der Waals surface area contributed by atoms with Crippen LogP contribution in [0.25, 0.3) is 0 Å². The highest BCUT2D eigenvalue weighted by atomic mass is 19.3. The maximum atomic E-state index is 12.8. The van der Waals surface area contributed by atoms with E-state index >= 15 is 0 Å². The molecule has 0 aromatic carbocycles. The third kappa shape index (κ3) is 1.68. The molecular weight excluding hydrogens is 199 g/mol. The molecule has 0 saturated heterocycles. The smallest absolute Gasteiger partial charge is 0.336 e. The lowest BCUT2D eigenvalue weighted by Crippen LogP contribution is -2.09. The van der Waals surface area contributed by atoms with Crippen LogP contribution in [0, 0.1) is 12.9 Å². The van der Waals surface area contributed by atoms with E-state index in [9.17, 15) is 18.0 Å². The average molecular weight is 205 g/mol. The fraction of sp³-hybridized carbons (Fsp3) is 0.250. The largest absolute Gasteiger partial charge is 0.478 e. The van der Waals surface area contributed by atoms with E-state index in [0.717, 1.165) is 6.92 Å². The molecule has 0 radical (unpaired) electrons. The van der Waals surface area contributed by atoms with Crippen LogP contribution in [0.3, 0.4) is 0 Å². The highest BCUT2D eigenvalue weighted by Crippen LogP contribution is 2.25. The number of aromatic carboxylic acids is 1. The summed E-state index contributed by atoms with van der Waals surface area (Å²) in [6, 6.07) is 0. The number of pyridine rings is 1. The van der Waals surface area contributed by atoms with Gasteiger partial charge in [-0.05, 0) is 6.92 Å². The number of aromatic nitrogens is 1. The molecule has 0 amide bonds. The van der Waals surface area contributed by atoms with Crippen LogP contribution in [0.5, 0.6) is 0 Å². The van der Waals surface area contributed by atoms with Crippen molar-refractivity contribution in [3.63, 3.8) is 0 Å². The lowest BCUT2D eigenvalue weighted by molar-refractivity contribution is 0.0682. The molecule has 1 N–H and O–H groups in total. The highest BCUT2D eigenvalue weighted by molar-refractivity contribution is 5.91. The van der Waals surface area contributed by atoms with Crippen molar-refractivity contribution in [1.82, 2.24) is 4.98 Å². The molecule has 0 aliphatic rings. The first-order chi connectivity index (χ1) is 6.45. The van der Waals surface area contributed by atoms with Gasteiger partial charge in [-0.2, -0.15) is 4.39 Å². The number of carboxylic acids is 1. The molecule has 3 nitrogen and oxygen atoms in total. The summed E-state index contributed by atoms with van der Waals surface area (Å²) in [5.41, 5.74) is -1.86. The van der Waals surface area contributed by atoms with Gasteiger partial charge in [0.1, 0.15) is 0 Å². The zero-order chi connectivity index (χ0) is 10.9. The zero-order valence-electron chi connectivity index (χ0n) is 7.09. The van der Waals surface area contributed by atoms with Crippen molar-refractivity contribution >= 4 is 5.97 Å². The SMILES string of the molecule is Cc1c(F)ncc(C(F)F)c1C(=O)O. The molecule has 0 saturated carbocycles. The van der Waals surface area contributed by atoms with Crippen molar-refractivity contribution in [3.05, 3.63) is 28.8 Å². The van der Waals surface area contributed by atoms with Crippen LogP contribution >= 0.6 is 0 Å². The minimum absolute atomic E-state index is 0.379. The standard InChI is InChI=1S/C8H6F3NO2/c1-3-5(8(13)14)4(6(9)10)2-12-7(3)11/h2,6H,1H3,(H,13,14). The number of hydrogen-bond acceptors (Lipinski definition) is 2. The Hall–Kier alpha value is -1.59. The van der Waals surface area contributed by atoms with Crippen molar-refractivity contribution in [2.45, 2.75) is 13.3 Å². The minimum atomic E-state index is -2.98. The first kappa shape index (κ1) is 10.5. The van der Waals surface area contributed by atoms with Gasteiger partial charge in [0.2, 0.25) is 5.95 Å². The predicted molar refractivity (Wildman–Crippen MR) is 40.8 cm³/mol. The maximum absolute atomic E-state index is 12.8. The van der Waals surface area contributed by atoms with Crippen molar-refractivity contribution in [2.75, 3.05) is 0 Å². The monoisotopic (exact) mass is 205 g/mol. The van der Waals surface area contributed by atoms with Gasteiger partial charge in [0.25, 0.3) is 6.43 Å². The van der Waals surface area contributed by atoms with E-state index in [0.29, 0.717) is 6.20 Å². The summed E-state index contributed by atoms with van der Waals surface area (Å²) in [6.45, 7) is 1.09. The molecule has 0 fully saturated rings. The number of hydrogen-bond donors (Lipinski definition) is 1. The second-order valence-corrected chi connectivity index (χ2v) is 2.61. The molecule has 0 aliphatic heterocycles. The summed E-state index contributed by atoms with van der Waals surface area (Å²) in [7, 11) is 0. The molecule has 0 unspecified atom stereocenters. The normalized spacial score (nSPS) is 10.6. The summed E-state index contributed by atoms with van der Waals surface area (Å²) in [5.74, 6) is -2.63. The Balaban J connectivity index is 3.45. The zero-order valence-corrected chi connectivity index (χ0v) is 7.09. The Morgan fingerprint density at radius 3 is 2.57 bits per heavy atom. The summed E-state index contributed by atoms with van der Waals surface area (Å²) in [4.78, 5) is 13.6. The molecule has 1 aromatic heterocycles. The molecule has 6 heteroatoms. The van der Waals surface area contributed by atoms with Gasteiger partial charge in [0, 0.05) is 11.8 Å². The molecule has 0 bridgehead atoms. The Labute approximate surface area is 77.2 Å². The molecule has 0 spiro atoms. The van der Waals surface area contributed by atoms with Crippen LogP contribution in [0.1, 0.15) is 27.9 Å². The van der Waals surface area contributed by atoms with E-state index in [-0.39, 0.29) is 5.56 Å². The van der Waals surface area contributed by atoms with E-state index in [1.807, 2.05) is 0 Å². The van der Waals surface area contributed by atoms with Gasteiger partial charge in [-0.3, -0.25) is 0 Å². The molecule has 0 aliphatic carbocycles. The van der Waals surface area contributed by atoms with Gasteiger partial charge in [-0.15, -0.1) is 0 Å². The van der Waals surface area contributed by atoms with E-state index in [4.69, 9.17) is 5.11 Å². The molecule has 1 rings (SSSR count). The summed E-state index contributed by atoms with van der Waals surface area (Å²) >= 11 is 0. The molecule has 76 valence electrons. The topological polar surface area (TPSA) is 50.2 Å². The fourth-order valence-electron chi connectivity index (χ4n) is 1.06. The molecule has 0 atom stereocenters. The number of halogens is 3. The van der Waals surface area contributed by atoms with Crippen LogP contribution < -0.4 is 0 Å². The molecule has 1 heterocycles. The van der Waals surface area contributed by atoms with Gasteiger partial charge >= 0.3 is 5.97 Å². The van der Waals surface area contributed by atoms with E-state index < -0.39 is 29.5 Å². The second-order valence-electron chi connectivity index (χ2n) is 2.61. The quantitative estimate of drug-likeness (QED) is 0.752. The van der Waals surface area contributed by atoms with E-state index in [1.165, 1.54) is 0 Å². The lowest BCUT2D eigenvalue weighted by atomic mass is 10.1.